The van der Waals surface area contributed by atoms with Crippen molar-refractivity contribution in [3.8, 4) is 0 Å². The van der Waals surface area contributed by atoms with E-state index in [0.29, 0.717) is 0 Å². The first-order chi connectivity index (χ1) is 9.64. The molecule has 0 saturated carbocycles. The molecule has 1 N–H and O–H groups in total. The molecule has 1 fully saturated rings. The molecule has 1 saturated heterocycles. The van der Waals surface area contributed by atoms with Gasteiger partial charge in [-0.2, -0.15) is 0 Å². The van der Waals surface area contributed by atoms with Crippen molar-refractivity contribution >= 4 is 0 Å². The Labute approximate surface area is 121 Å². The van der Waals surface area contributed by atoms with Crippen LogP contribution in [0.3, 0.4) is 0 Å². The van der Waals surface area contributed by atoms with Crippen LogP contribution < -0.4 is 0 Å². The number of nitrogens with zero attached hydrogens (tertiary/aromatic N) is 1. The van der Waals surface area contributed by atoms with E-state index in [9.17, 15) is 5.11 Å². The van der Waals surface area contributed by atoms with Gasteiger partial charge in [0.15, 0.2) is 0 Å². The molecule has 1 aromatic carbocycles. The van der Waals surface area contributed by atoms with Crippen LogP contribution >= 0.6 is 0 Å². The second-order valence-electron chi connectivity index (χ2n) is 6.46. The highest BCUT2D eigenvalue weighted by molar-refractivity contribution is 5.31. The molecule has 110 valence electrons. The Hall–Kier alpha value is -0.900. The molecule has 2 aliphatic rings. The Morgan fingerprint density at radius 3 is 3.05 bits per heavy atom. The summed E-state index contributed by atoms with van der Waals surface area (Å²) in [5, 5.41) is 10.2. The van der Waals surface area contributed by atoms with E-state index in [1.54, 1.807) is 0 Å². The highest BCUT2D eigenvalue weighted by Crippen LogP contribution is 2.29. The van der Waals surface area contributed by atoms with Gasteiger partial charge >= 0.3 is 0 Å². The largest absolute Gasteiger partial charge is 0.390 e. The number of ether oxygens (including phenoxy) is 1. The minimum Gasteiger partial charge on any atom is -0.390 e. The van der Waals surface area contributed by atoms with Crippen LogP contribution in [0.2, 0.25) is 0 Å². The van der Waals surface area contributed by atoms with E-state index >= 15 is 0 Å². The number of fused-ring (bicyclic) bond motifs is 1. The molecule has 2 aliphatic heterocycles. The number of benzene rings is 1. The van der Waals surface area contributed by atoms with Crippen LogP contribution in [0.25, 0.3) is 0 Å². The van der Waals surface area contributed by atoms with Crippen LogP contribution in [0.1, 0.15) is 43.4 Å². The number of aliphatic hydroxyl groups is 1. The fourth-order valence-corrected chi connectivity index (χ4v) is 3.36. The Bertz CT molecular complexity index is 458. The summed E-state index contributed by atoms with van der Waals surface area (Å²) in [6, 6.07) is 8.64. The molecular weight excluding hydrogens is 250 g/mol. The van der Waals surface area contributed by atoms with Crippen LogP contribution in [0.4, 0.5) is 0 Å². The van der Waals surface area contributed by atoms with Crippen molar-refractivity contribution in [2.75, 3.05) is 26.2 Å². The lowest BCUT2D eigenvalue weighted by molar-refractivity contribution is 0.0120. The van der Waals surface area contributed by atoms with Gasteiger partial charge in [-0.3, -0.25) is 0 Å². The summed E-state index contributed by atoms with van der Waals surface area (Å²) in [6.07, 6.45) is 4.07. The van der Waals surface area contributed by atoms with Crippen LogP contribution in [-0.2, 0) is 11.2 Å². The van der Waals surface area contributed by atoms with Crippen LogP contribution in [0.5, 0.6) is 0 Å². The summed E-state index contributed by atoms with van der Waals surface area (Å²) in [7, 11) is 0. The standard InChI is InChI=1S/C17H25NO2/c1-17(19)8-4-10-18(11-9-17)13-16-15-6-3-2-5-14(15)7-12-20-16/h2-3,5-6,16,19H,4,7-13H2,1H3. The average Bonchev–Trinajstić information content (AvgIpc) is 2.61. The van der Waals surface area contributed by atoms with Gasteiger partial charge in [-0.25, -0.2) is 0 Å². The molecule has 2 heterocycles. The van der Waals surface area contributed by atoms with Crippen molar-refractivity contribution in [3.63, 3.8) is 0 Å². The summed E-state index contributed by atoms with van der Waals surface area (Å²) < 4.78 is 6.00. The number of hydrogen-bond donors (Lipinski definition) is 1. The first kappa shape index (κ1) is 14.1. The van der Waals surface area contributed by atoms with Crippen molar-refractivity contribution < 1.29 is 9.84 Å². The van der Waals surface area contributed by atoms with Gasteiger partial charge in [0.1, 0.15) is 0 Å². The Morgan fingerprint density at radius 2 is 2.15 bits per heavy atom. The highest BCUT2D eigenvalue weighted by Gasteiger charge is 2.28. The lowest BCUT2D eigenvalue weighted by atomic mass is 9.97. The first-order valence-electron chi connectivity index (χ1n) is 7.78. The quantitative estimate of drug-likeness (QED) is 0.900. The monoisotopic (exact) mass is 275 g/mol. The summed E-state index contributed by atoms with van der Waals surface area (Å²) >= 11 is 0. The van der Waals surface area contributed by atoms with Gasteiger partial charge in [-0.1, -0.05) is 24.3 Å². The molecule has 2 atom stereocenters. The maximum atomic E-state index is 10.2. The van der Waals surface area contributed by atoms with E-state index in [1.165, 1.54) is 11.1 Å². The molecule has 2 unspecified atom stereocenters. The molecule has 0 aromatic heterocycles. The summed E-state index contributed by atoms with van der Waals surface area (Å²) in [5.74, 6) is 0. The third kappa shape index (κ3) is 3.22. The predicted octanol–water partition coefficient (Wildman–Crippen LogP) is 2.54. The lowest BCUT2D eigenvalue weighted by Gasteiger charge is -2.31. The molecule has 0 amide bonds. The highest BCUT2D eigenvalue weighted by atomic mass is 16.5. The van der Waals surface area contributed by atoms with Gasteiger partial charge in [-0.05, 0) is 50.3 Å². The molecule has 3 heteroatoms. The molecule has 0 bridgehead atoms. The number of rotatable bonds is 2. The van der Waals surface area contributed by atoms with E-state index in [2.05, 4.69) is 29.2 Å². The smallest absolute Gasteiger partial charge is 0.0954 e. The maximum absolute atomic E-state index is 10.2. The zero-order valence-electron chi connectivity index (χ0n) is 12.3. The second-order valence-corrected chi connectivity index (χ2v) is 6.46. The van der Waals surface area contributed by atoms with Gasteiger partial charge < -0.3 is 14.7 Å². The average molecular weight is 275 g/mol. The number of hydrogen-bond acceptors (Lipinski definition) is 3. The van der Waals surface area contributed by atoms with Gasteiger partial charge in [0.05, 0.1) is 18.3 Å². The Kier molecular flexibility index (Phi) is 4.11. The third-order valence-electron chi connectivity index (χ3n) is 4.67. The van der Waals surface area contributed by atoms with E-state index in [4.69, 9.17) is 4.74 Å². The summed E-state index contributed by atoms with van der Waals surface area (Å²) in [5.41, 5.74) is 2.31. The molecule has 0 radical (unpaired) electrons. The van der Waals surface area contributed by atoms with Crippen LogP contribution in [0.15, 0.2) is 24.3 Å². The van der Waals surface area contributed by atoms with Crippen molar-refractivity contribution in [3.05, 3.63) is 35.4 Å². The van der Waals surface area contributed by atoms with Gasteiger partial charge in [0.2, 0.25) is 0 Å². The van der Waals surface area contributed by atoms with Crippen molar-refractivity contribution in [1.29, 1.82) is 0 Å². The topological polar surface area (TPSA) is 32.7 Å². The fraction of sp³-hybridized carbons (Fsp3) is 0.647. The Morgan fingerprint density at radius 1 is 1.30 bits per heavy atom. The van der Waals surface area contributed by atoms with E-state index < -0.39 is 5.60 Å². The van der Waals surface area contributed by atoms with E-state index in [-0.39, 0.29) is 6.10 Å². The number of likely N-dealkylation sites (tertiary alicyclic amines) is 1. The maximum Gasteiger partial charge on any atom is 0.0954 e. The predicted molar refractivity (Wildman–Crippen MR) is 79.8 cm³/mol. The van der Waals surface area contributed by atoms with E-state index in [1.807, 2.05) is 6.92 Å². The lowest BCUT2D eigenvalue weighted by Crippen LogP contribution is -2.34. The second kappa shape index (κ2) is 5.84. The van der Waals surface area contributed by atoms with Crippen LogP contribution in [0, 0.1) is 0 Å². The van der Waals surface area contributed by atoms with Crippen molar-refractivity contribution in [2.24, 2.45) is 0 Å². The molecule has 3 nitrogen and oxygen atoms in total. The third-order valence-corrected chi connectivity index (χ3v) is 4.67. The SMILES string of the molecule is CC1(O)CCCN(CC2OCCc3ccccc32)CC1. The van der Waals surface area contributed by atoms with Gasteiger partial charge in [0, 0.05) is 13.1 Å². The Balaban J connectivity index is 1.67. The zero-order chi connectivity index (χ0) is 14.0. The van der Waals surface area contributed by atoms with E-state index in [0.717, 1.165) is 51.9 Å². The van der Waals surface area contributed by atoms with Crippen molar-refractivity contribution in [1.82, 2.24) is 4.90 Å². The summed E-state index contributed by atoms with van der Waals surface area (Å²) in [6.45, 7) is 5.77. The molecule has 20 heavy (non-hydrogen) atoms. The van der Waals surface area contributed by atoms with Gasteiger partial charge in [-0.15, -0.1) is 0 Å². The molecule has 0 aliphatic carbocycles. The van der Waals surface area contributed by atoms with Gasteiger partial charge in [0.25, 0.3) is 0 Å². The molecular formula is C17H25NO2. The minimum absolute atomic E-state index is 0.197. The fourth-order valence-electron chi connectivity index (χ4n) is 3.36. The molecule has 3 rings (SSSR count). The summed E-state index contributed by atoms with van der Waals surface area (Å²) in [4.78, 5) is 2.45. The minimum atomic E-state index is -0.486. The molecule has 1 aromatic rings. The first-order valence-corrected chi connectivity index (χ1v) is 7.78. The van der Waals surface area contributed by atoms with Crippen LogP contribution in [-0.4, -0.2) is 41.8 Å². The molecule has 0 spiro atoms. The van der Waals surface area contributed by atoms with Crippen molar-refractivity contribution in [2.45, 2.75) is 44.3 Å². The zero-order valence-corrected chi connectivity index (χ0v) is 12.3. The normalized spacial score (nSPS) is 31.6.